The number of nitrogens with two attached hydrogens (primary N) is 1. The van der Waals surface area contributed by atoms with Crippen LogP contribution in [0.1, 0.15) is 32.5 Å². The first kappa shape index (κ1) is 11.7. The van der Waals surface area contributed by atoms with Gasteiger partial charge in [-0.1, -0.05) is 13.8 Å². The molecular formula is C10H17N3O2. The lowest BCUT2D eigenvalue weighted by atomic mass is 9.96. The van der Waals surface area contributed by atoms with Crippen LogP contribution < -0.4 is 11.3 Å². The molecule has 0 bridgehead atoms. The van der Waals surface area contributed by atoms with Gasteiger partial charge in [0.2, 0.25) is 0 Å². The SMILES string of the molecule is CCC(CC)(OC)c1nc(N)cc(=O)[nH]1. The Morgan fingerprint density at radius 1 is 1.53 bits per heavy atom. The van der Waals surface area contributed by atoms with Gasteiger partial charge in [0.1, 0.15) is 17.2 Å². The standard InChI is InChI=1S/C10H17N3O2/c1-4-10(5-2,15-3)9-12-7(11)6-8(14)13-9/h6H,4-5H2,1-3H3,(H3,11,12,13,14). The number of anilines is 1. The van der Waals surface area contributed by atoms with Crippen LogP contribution in [0.3, 0.4) is 0 Å². The first-order valence-electron chi connectivity index (χ1n) is 5.00. The Kier molecular flexibility index (Phi) is 3.47. The molecule has 0 aliphatic carbocycles. The number of hydrogen-bond acceptors (Lipinski definition) is 4. The highest BCUT2D eigenvalue weighted by molar-refractivity contribution is 5.26. The highest BCUT2D eigenvalue weighted by Crippen LogP contribution is 2.29. The smallest absolute Gasteiger partial charge is 0.253 e. The zero-order valence-electron chi connectivity index (χ0n) is 9.33. The number of H-pyrrole nitrogens is 1. The van der Waals surface area contributed by atoms with Gasteiger partial charge in [0.25, 0.3) is 5.56 Å². The zero-order valence-corrected chi connectivity index (χ0v) is 9.33. The third-order valence-corrected chi connectivity index (χ3v) is 2.73. The van der Waals surface area contributed by atoms with Crippen LogP contribution >= 0.6 is 0 Å². The summed E-state index contributed by atoms with van der Waals surface area (Å²) in [4.78, 5) is 18.1. The molecule has 1 aromatic rings. The fourth-order valence-electron chi connectivity index (χ4n) is 1.66. The molecule has 0 atom stereocenters. The van der Waals surface area contributed by atoms with Crippen molar-refractivity contribution in [2.24, 2.45) is 0 Å². The van der Waals surface area contributed by atoms with Crippen molar-refractivity contribution >= 4 is 5.82 Å². The van der Waals surface area contributed by atoms with Crippen LogP contribution in [0.4, 0.5) is 5.82 Å². The van der Waals surface area contributed by atoms with Gasteiger partial charge in [-0.25, -0.2) is 4.98 Å². The summed E-state index contributed by atoms with van der Waals surface area (Å²) in [7, 11) is 1.61. The van der Waals surface area contributed by atoms with E-state index in [9.17, 15) is 4.79 Å². The maximum atomic E-state index is 11.3. The molecule has 5 nitrogen and oxygen atoms in total. The molecule has 84 valence electrons. The predicted octanol–water partition coefficient (Wildman–Crippen LogP) is 1.01. The van der Waals surface area contributed by atoms with Gasteiger partial charge in [-0.15, -0.1) is 0 Å². The van der Waals surface area contributed by atoms with Crippen LogP contribution in [0.15, 0.2) is 10.9 Å². The van der Waals surface area contributed by atoms with Gasteiger partial charge in [-0.05, 0) is 12.8 Å². The van der Waals surface area contributed by atoms with Crippen molar-refractivity contribution in [1.82, 2.24) is 9.97 Å². The summed E-state index contributed by atoms with van der Waals surface area (Å²) < 4.78 is 5.44. The Labute approximate surface area is 88.7 Å². The van der Waals surface area contributed by atoms with E-state index in [4.69, 9.17) is 10.5 Å². The molecular weight excluding hydrogens is 194 g/mol. The fraction of sp³-hybridized carbons (Fsp3) is 0.600. The number of ether oxygens (including phenoxy) is 1. The number of hydrogen-bond donors (Lipinski definition) is 2. The van der Waals surface area contributed by atoms with E-state index in [1.807, 2.05) is 13.8 Å². The number of nitrogens with zero attached hydrogens (tertiary/aromatic N) is 1. The summed E-state index contributed by atoms with van der Waals surface area (Å²) in [5.41, 5.74) is 4.74. The molecule has 0 fully saturated rings. The van der Waals surface area contributed by atoms with E-state index in [0.717, 1.165) is 12.8 Å². The third-order valence-electron chi connectivity index (χ3n) is 2.73. The van der Waals surface area contributed by atoms with E-state index in [0.29, 0.717) is 5.82 Å². The highest BCUT2D eigenvalue weighted by Gasteiger charge is 2.30. The second-order valence-electron chi connectivity index (χ2n) is 3.42. The van der Waals surface area contributed by atoms with Gasteiger partial charge >= 0.3 is 0 Å². The lowest BCUT2D eigenvalue weighted by Crippen LogP contribution is -2.32. The molecule has 15 heavy (non-hydrogen) atoms. The molecule has 1 rings (SSSR count). The summed E-state index contributed by atoms with van der Waals surface area (Å²) in [5, 5.41) is 0. The van der Waals surface area contributed by atoms with Gasteiger partial charge < -0.3 is 15.5 Å². The number of aromatic nitrogens is 2. The number of nitrogen functional groups attached to an aromatic ring is 1. The maximum absolute atomic E-state index is 11.3. The number of aromatic amines is 1. The molecule has 0 aromatic carbocycles. The molecule has 0 spiro atoms. The van der Waals surface area contributed by atoms with Crippen molar-refractivity contribution in [1.29, 1.82) is 0 Å². The number of methoxy groups -OCH3 is 1. The monoisotopic (exact) mass is 211 g/mol. The summed E-state index contributed by atoms with van der Waals surface area (Å²) in [6, 6.07) is 1.26. The molecule has 0 radical (unpaired) electrons. The van der Waals surface area contributed by atoms with Crippen molar-refractivity contribution < 1.29 is 4.74 Å². The Balaban J connectivity index is 3.28. The average Bonchev–Trinajstić information content (AvgIpc) is 2.20. The van der Waals surface area contributed by atoms with E-state index in [1.165, 1.54) is 6.07 Å². The lowest BCUT2D eigenvalue weighted by molar-refractivity contribution is -0.0292. The van der Waals surface area contributed by atoms with E-state index in [1.54, 1.807) is 7.11 Å². The Morgan fingerprint density at radius 2 is 2.13 bits per heavy atom. The van der Waals surface area contributed by atoms with E-state index in [-0.39, 0.29) is 11.4 Å². The van der Waals surface area contributed by atoms with Gasteiger partial charge in [-0.3, -0.25) is 4.79 Å². The van der Waals surface area contributed by atoms with Gasteiger partial charge in [0.15, 0.2) is 0 Å². The van der Waals surface area contributed by atoms with Crippen LogP contribution in [0.5, 0.6) is 0 Å². The first-order chi connectivity index (χ1) is 7.07. The van der Waals surface area contributed by atoms with Crippen LogP contribution in [-0.2, 0) is 10.3 Å². The minimum absolute atomic E-state index is 0.220. The molecule has 0 aliphatic heterocycles. The van der Waals surface area contributed by atoms with Gasteiger partial charge in [0, 0.05) is 13.2 Å². The second kappa shape index (κ2) is 4.44. The van der Waals surface area contributed by atoms with Crippen LogP contribution in [0.2, 0.25) is 0 Å². The van der Waals surface area contributed by atoms with Gasteiger partial charge in [-0.2, -0.15) is 0 Å². The molecule has 0 amide bonds. The molecule has 0 aliphatic rings. The van der Waals surface area contributed by atoms with Crippen molar-refractivity contribution in [2.75, 3.05) is 12.8 Å². The largest absolute Gasteiger partial charge is 0.383 e. The normalized spacial score (nSPS) is 11.7. The number of rotatable bonds is 4. The second-order valence-corrected chi connectivity index (χ2v) is 3.42. The molecule has 1 heterocycles. The summed E-state index contributed by atoms with van der Waals surface area (Å²) >= 11 is 0. The quantitative estimate of drug-likeness (QED) is 0.779. The zero-order chi connectivity index (χ0) is 11.5. The van der Waals surface area contributed by atoms with Crippen molar-refractivity contribution in [3.63, 3.8) is 0 Å². The van der Waals surface area contributed by atoms with Crippen molar-refractivity contribution in [3.8, 4) is 0 Å². The molecule has 0 saturated carbocycles. The minimum Gasteiger partial charge on any atom is -0.383 e. The topological polar surface area (TPSA) is 81.0 Å². The van der Waals surface area contributed by atoms with E-state index in [2.05, 4.69) is 9.97 Å². The van der Waals surface area contributed by atoms with E-state index < -0.39 is 5.60 Å². The third kappa shape index (κ3) is 2.18. The van der Waals surface area contributed by atoms with E-state index >= 15 is 0 Å². The Hall–Kier alpha value is -1.36. The van der Waals surface area contributed by atoms with Crippen molar-refractivity contribution in [3.05, 3.63) is 22.2 Å². The van der Waals surface area contributed by atoms with Crippen molar-refractivity contribution in [2.45, 2.75) is 32.3 Å². The highest BCUT2D eigenvalue weighted by atomic mass is 16.5. The molecule has 0 unspecified atom stereocenters. The summed E-state index contributed by atoms with van der Waals surface area (Å²) in [5.74, 6) is 0.720. The van der Waals surface area contributed by atoms with Crippen LogP contribution in [0.25, 0.3) is 0 Å². The van der Waals surface area contributed by atoms with Crippen LogP contribution in [-0.4, -0.2) is 17.1 Å². The Morgan fingerprint density at radius 3 is 2.53 bits per heavy atom. The maximum Gasteiger partial charge on any atom is 0.253 e. The Bertz CT molecular complexity index is 374. The molecule has 3 N–H and O–H groups in total. The van der Waals surface area contributed by atoms with Crippen LogP contribution in [0, 0.1) is 0 Å². The molecule has 5 heteroatoms. The predicted molar refractivity (Wildman–Crippen MR) is 58.5 cm³/mol. The lowest BCUT2D eigenvalue weighted by Gasteiger charge is -2.28. The summed E-state index contributed by atoms with van der Waals surface area (Å²) in [6.45, 7) is 3.96. The average molecular weight is 211 g/mol. The first-order valence-corrected chi connectivity index (χ1v) is 5.00. The fourth-order valence-corrected chi connectivity index (χ4v) is 1.66. The molecule has 1 aromatic heterocycles. The summed E-state index contributed by atoms with van der Waals surface area (Å²) in [6.07, 6.45) is 1.46. The minimum atomic E-state index is -0.547. The molecule has 0 saturated heterocycles. The number of nitrogens with one attached hydrogen (secondary N) is 1. The van der Waals surface area contributed by atoms with Gasteiger partial charge in [0.05, 0.1) is 0 Å².